The summed E-state index contributed by atoms with van der Waals surface area (Å²) >= 11 is 0. The second-order valence-corrected chi connectivity index (χ2v) is 2.81. The summed E-state index contributed by atoms with van der Waals surface area (Å²) in [5, 5.41) is 11.2. The quantitative estimate of drug-likeness (QED) is 0.531. The number of carbonyl (C=O) groups excluding carboxylic acids is 1. The molecule has 0 amide bonds. The molecule has 1 aromatic rings. The predicted octanol–water partition coefficient (Wildman–Crippen LogP) is 0.797. The summed E-state index contributed by atoms with van der Waals surface area (Å²) < 4.78 is 0. The maximum atomic E-state index is 11.6. The third-order valence-corrected chi connectivity index (χ3v) is 1.85. The number of aliphatic hydroxyl groups excluding tert-OH is 1. The first-order chi connectivity index (χ1) is 6.25. The number of hydrogen-bond donors (Lipinski definition) is 2. The summed E-state index contributed by atoms with van der Waals surface area (Å²) in [6, 6.07) is 8.68. The third-order valence-electron chi connectivity index (χ3n) is 1.85. The molecule has 3 heteroatoms. The number of nitrogens with one attached hydrogen (secondary N) is 1. The zero-order valence-corrected chi connectivity index (χ0v) is 7.53. The first kappa shape index (κ1) is 9.89. The summed E-state index contributed by atoms with van der Waals surface area (Å²) in [5.74, 6) is -0.00495. The van der Waals surface area contributed by atoms with Crippen molar-refractivity contribution in [1.29, 1.82) is 0 Å². The molecule has 0 aromatic heterocycles. The summed E-state index contributed by atoms with van der Waals surface area (Å²) in [5.41, 5.74) is 0.663. The van der Waals surface area contributed by atoms with Gasteiger partial charge in [0.1, 0.15) is 0 Å². The lowest BCUT2D eigenvalue weighted by atomic mass is 10.1. The molecule has 0 saturated carbocycles. The van der Waals surface area contributed by atoms with Crippen molar-refractivity contribution in [2.45, 2.75) is 13.0 Å². The number of benzene rings is 1. The Labute approximate surface area is 77.4 Å². The van der Waals surface area contributed by atoms with Gasteiger partial charge in [0.2, 0.25) is 0 Å². The molecule has 3 nitrogen and oxygen atoms in total. The van der Waals surface area contributed by atoms with Crippen LogP contribution < -0.4 is 5.32 Å². The zero-order chi connectivity index (χ0) is 9.68. The molecule has 0 saturated heterocycles. The number of aliphatic hydroxyl groups is 1. The third kappa shape index (κ3) is 2.65. The van der Waals surface area contributed by atoms with Crippen molar-refractivity contribution in [3.8, 4) is 0 Å². The monoisotopic (exact) mass is 179 g/mol. The molecule has 0 fully saturated rings. The van der Waals surface area contributed by atoms with E-state index in [0.29, 0.717) is 5.56 Å². The summed E-state index contributed by atoms with van der Waals surface area (Å²) in [6.07, 6.45) is 0. The predicted molar refractivity (Wildman–Crippen MR) is 50.5 cm³/mol. The fourth-order valence-corrected chi connectivity index (χ4v) is 1.08. The Kier molecular flexibility index (Phi) is 3.61. The van der Waals surface area contributed by atoms with Gasteiger partial charge in [-0.25, -0.2) is 0 Å². The van der Waals surface area contributed by atoms with E-state index < -0.39 is 0 Å². The molecule has 13 heavy (non-hydrogen) atoms. The maximum absolute atomic E-state index is 11.6. The van der Waals surface area contributed by atoms with E-state index in [-0.39, 0.29) is 18.6 Å². The maximum Gasteiger partial charge on any atom is 0.179 e. The van der Waals surface area contributed by atoms with Crippen molar-refractivity contribution in [3.05, 3.63) is 35.9 Å². The molecule has 1 atom stereocenters. The fraction of sp³-hybridized carbons (Fsp3) is 0.300. The van der Waals surface area contributed by atoms with Gasteiger partial charge in [0.25, 0.3) is 0 Å². The molecule has 0 radical (unpaired) electrons. The minimum atomic E-state index is -0.340. The lowest BCUT2D eigenvalue weighted by Gasteiger charge is -2.09. The van der Waals surface area contributed by atoms with Gasteiger partial charge in [-0.1, -0.05) is 30.3 Å². The van der Waals surface area contributed by atoms with Gasteiger partial charge in [-0.2, -0.15) is 0 Å². The van der Waals surface area contributed by atoms with Crippen LogP contribution in [-0.2, 0) is 0 Å². The van der Waals surface area contributed by atoms with E-state index in [0.717, 1.165) is 0 Å². The Bertz CT molecular complexity index is 272. The standard InChI is InChI=1S/C10H13NO2/c1-8(11-7-12)10(13)9-5-3-2-4-6-9/h2-6,8,11-12H,7H2,1H3/t8-/m0/s1. The molecule has 0 aliphatic carbocycles. The zero-order valence-electron chi connectivity index (χ0n) is 7.53. The molecule has 1 aromatic carbocycles. The van der Waals surface area contributed by atoms with E-state index in [2.05, 4.69) is 5.32 Å². The number of ketones is 1. The minimum absolute atomic E-state index is 0.00495. The molecule has 0 unspecified atom stereocenters. The average Bonchev–Trinajstić information content (AvgIpc) is 2.18. The van der Waals surface area contributed by atoms with Crippen LogP contribution in [-0.4, -0.2) is 23.7 Å². The van der Waals surface area contributed by atoms with Gasteiger partial charge < -0.3 is 5.11 Å². The average molecular weight is 179 g/mol. The Morgan fingerprint density at radius 2 is 2.08 bits per heavy atom. The van der Waals surface area contributed by atoms with Crippen LogP contribution in [0.5, 0.6) is 0 Å². The Hall–Kier alpha value is -1.19. The van der Waals surface area contributed by atoms with Gasteiger partial charge in [0.15, 0.2) is 5.78 Å². The van der Waals surface area contributed by atoms with Crippen LogP contribution in [0.4, 0.5) is 0 Å². The first-order valence-corrected chi connectivity index (χ1v) is 4.19. The lowest BCUT2D eigenvalue weighted by Crippen LogP contribution is -2.34. The number of hydrogen-bond acceptors (Lipinski definition) is 3. The van der Waals surface area contributed by atoms with E-state index in [1.54, 1.807) is 19.1 Å². The highest BCUT2D eigenvalue weighted by atomic mass is 16.3. The minimum Gasteiger partial charge on any atom is -0.381 e. The number of Topliss-reactive ketones (excluding diaryl/α,β-unsaturated/α-hetero) is 1. The largest absolute Gasteiger partial charge is 0.381 e. The molecule has 0 aliphatic heterocycles. The molecule has 0 heterocycles. The van der Waals surface area contributed by atoms with Gasteiger partial charge in [0, 0.05) is 5.56 Å². The molecular weight excluding hydrogens is 166 g/mol. The number of rotatable bonds is 4. The summed E-state index contributed by atoms with van der Waals surface area (Å²) in [6.45, 7) is 1.55. The van der Waals surface area contributed by atoms with E-state index in [9.17, 15) is 4.79 Å². The normalized spacial score (nSPS) is 12.5. The van der Waals surface area contributed by atoms with E-state index in [1.807, 2.05) is 18.2 Å². The van der Waals surface area contributed by atoms with E-state index >= 15 is 0 Å². The molecule has 0 aliphatic rings. The molecule has 0 bridgehead atoms. The highest BCUT2D eigenvalue weighted by molar-refractivity contribution is 5.99. The van der Waals surface area contributed by atoms with Crippen LogP contribution in [0.25, 0.3) is 0 Å². The van der Waals surface area contributed by atoms with E-state index in [4.69, 9.17) is 5.11 Å². The van der Waals surface area contributed by atoms with E-state index in [1.165, 1.54) is 0 Å². The van der Waals surface area contributed by atoms with Gasteiger partial charge in [-0.15, -0.1) is 0 Å². The highest BCUT2D eigenvalue weighted by Crippen LogP contribution is 2.02. The van der Waals surface area contributed by atoms with Crippen LogP contribution >= 0.6 is 0 Å². The van der Waals surface area contributed by atoms with Crippen LogP contribution in [0.15, 0.2) is 30.3 Å². The van der Waals surface area contributed by atoms with Crippen LogP contribution in [0.3, 0.4) is 0 Å². The topological polar surface area (TPSA) is 49.3 Å². The first-order valence-electron chi connectivity index (χ1n) is 4.19. The SMILES string of the molecule is C[C@H](NCO)C(=O)c1ccccc1. The van der Waals surface area contributed by atoms with Crippen LogP contribution in [0.2, 0.25) is 0 Å². The highest BCUT2D eigenvalue weighted by Gasteiger charge is 2.12. The van der Waals surface area contributed by atoms with Gasteiger partial charge in [-0.3, -0.25) is 10.1 Å². The Morgan fingerprint density at radius 1 is 1.46 bits per heavy atom. The van der Waals surface area contributed by atoms with Gasteiger partial charge in [-0.05, 0) is 6.92 Å². The van der Waals surface area contributed by atoms with Crippen LogP contribution in [0, 0.1) is 0 Å². The lowest BCUT2D eigenvalue weighted by molar-refractivity contribution is 0.0931. The Morgan fingerprint density at radius 3 is 2.62 bits per heavy atom. The molecule has 70 valence electrons. The second kappa shape index (κ2) is 4.74. The smallest absolute Gasteiger partial charge is 0.179 e. The summed E-state index contributed by atoms with van der Waals surface area (Å²) in [4.78, 5) is 11.6. The second-order valence-electron chi connectivity index (χ2n) is 2.81. The van der Waals surface area contributed by atoms with Gasteiger partial charge >= 0.3 is 0 Å². The molecule has 1 rings (SSSR count). The van der Waals surface area contributed by atoms with Crippen molar-refractivity contribution >= 4 is 5.78 Å². The Balaban J connectivity index is 2.68. The number of carbonyl (C=O) groups is 1. The molecular formula is C10H13NO2. The fourth-order valence-electron chi connectivity index (χ4n) is 1.08. The molecule has 0 spiro atoms. The van der Waals surface area contributed by atoms with Crippen molar-refractivity contribution in [3.63, 3.8) is 0 Å². The van der Waals surface area contributed by atoms with Crippen molar-refractivity contribution in [2.75, 3.05) is 6.73 Å². The van der Waals surface area contributed by atoms with Crippen LogP contribution in [0.1, 0.15) is 17.3 Å². The van der Waals surface area contributed by atoms with Crippen molar-refractivity contribution < 1.29 is 9.90 Å². The van der Waals surface area contributed by atoms with Crippen molar-refractivity contribution in [1.82, 2.24) is 5.32 Å². The molecule has 2 N–H and O–H groups in total. The van der Waals surface area contributed by atoms with Gasteiger partial charge in [0.05, 0.1) is 12.8 Å². The summed E-state index contributed by atoms with van der Waals surface area (Å²) in [7, 11) is 0. The van der Waals surface area contributed by atoms with Crippen molar-refractivity contribution in [2.24, 2.45) is 0 Å².